The zero-order valence-electron chi connectivity index (χ0n) is 19.0. The van der Waals surface area contributed by atoms with Gasteiger partial charge in [0.2, 0.25) is 5.91 Å². The van der Waals surface area contributed by atoms with E-state index >= 15 is 0 Å². The van der Waals surface area contributed by atoms with E-state index in [1.54, 1.807) is 38.3 Å². The number of amides is 4. The Morgan fingerprint density at radius 2 is 1.76 bits per heavy atom. The Bertz CT molecular complexity index is 1000. The second-order valence-electron chi connectivity index (χ2n) is 8.65. The molecular formula is C25H30N4O4. The van der Waals surface area contributed by atoms with Crippen LogP contribution in [-0.4, -0.2) is 60.9 Å². The molecule has 2 heterocycles. The quantitative estimate of drug-likeness (QED) is 0.603. The number of ether oxygens (including phenoxy) is 1. The van der Waals surface area contributed by atoms with E-state index < -0.39 is 17.5 Å². The van der Waals surface area contributed by atoms with Crippen molar-refractivity contribution in [2.75, 3.05) is 33.3 Å². The first-order valence-electron chi connectivity index (χ1n) is 11.3. The smallest absolute Gasteiger partial charge is 0.325 e. The molecule has 8 heteroatoms. The van der Waals surface area contributed by atoms with Gasteiger partial charge in [-0.05, 0) is 56.1 Å². The third kappa shape index (κ3) is 4.71. The van der Waals surface area contributed by atoms with E-state index in [0.29, 0.717) is 17.9 Å². The molecule has 4 rings (SSSR count). The van der Waals surface area contributed by atoms with Crippen LogP contribution in [-0.2, 0) is 15.1 Å². The molecule has 0 spiro atoms. The van der Waals surface area contributed by atoms with Crippen molar-refractivity contribution in [3.05, 3.63) is 65.7 Å². The van der Waals surface area contributed by atoms with Gasteiger partial charge in [0.25, 0.3) is 5.91 Å². The van der Waals surface area contributed by atoms with Gasteiger partial charge in [0.05, 0.1) is 13.2 Å². The van der Waals surface area contributed by atoms with Crippen LogP contribution in [0.5, 0.6) is 5.75 Å². The number of rotatable bonds is 8. The molecule has 8 nitrogen and oxygen atoms in total. The lowest BCUT2D eigenvalue weighted by molar-refractivity contribution is -0.134. The van der Waals surface area contributed by atoms with Crippen molar-refractivity contribution in [2.24, 2.45) is 0 Å². The summed E-state index contributed by atoms with van der Waals surface area (Å²) in [4.78, 5) is 41.8. The molecule has 0 aromatic heterocycles. The van der Waals surface area contributed by atoms with Gasteiger partial charge in [-0.15, -0.1) is 0 Å². The molecule has 2 aromatic rings. The van der Waals surface area contributed by atoms with Crippen LogP contribution < -0.4 is 15.4 Å². The highest BCUT2D eigenvalue weighted by atomic mass is 16.5. The number of imide groups is 1. The summed E-state index contributed by atoms with van der Waals surface area (Å²) in [5.41, 5.74) is 0.538. The number of hydrogen-bond donors (Lipinski definition) is 2. The third-order valence-corrected chi connectivity index (χ3v) is 6.50. The molecule has 2 atom stereocenters. The van der Waals surface area contributed by atoms with E-state index in [1.165, 1.54) is 0 Å². The molecule has 4 amide bonds. The van der Waals surface area contributed by atoms with Gasteiger partial charge in [-0.3, -0.25) is 19.4 Å². The van der Waals surface area contributed by atoms with E-state index in [0.717, 1.165) is 36.4 Å². The van der Waals surface area contributed by atoms with Gasteiger partial charge in [-0.25, -0.2) is 4.79 Å². The highest BCUT2D eigenvalue weighted by Gasteiger charge is 2.49. The molecule has 33 heavy (non-hydrogen) atoms. The number of urea groups is 1. The van der Waals surface area contributed by atoms with Crippen LogP contribution in [0.15, 0.2) is 54.6 Å². The lowest BCUT2D eigenvalue weighted by atomic mass is 9.92. The second kappa shape index (κ2) is 9.62. The van der Waals surface area contributed by atoms with Crippen LogP contribution in [0, 0.1) is 0 Å². The largest absolute Gasteiger partial charge is 0.497 e. The van der Waals surface area contributed by atoms with Gasteiger partial charge in [-0.2, -0.15) is 0 Å². The number of hydrogen-bond acceptors (Lipinski definition) is 5. The molecule has 174 valence electrons. The van der Waals surface area contributed by atoms with E-state index in [2.05, 4.69) is 27.7 Å². The molecule has 2 fully saturated rings. The zero-order valence-corrected chi connectivity index (χ0v) is 19.0. The summed E-state index contributed by atoms with van der Waals surface area (Å²) in [7, 11) is 1.56. The van der Waals surface area contributed by atoms with Gasteiger partial charge in [-0.1, -0.05) is 42.5 Å². The minimum atomic E-state index is -1.23. The average Bonchev–Trinajstić information content (AvgIpc) is 3.44. The number of nitrogens with zero attached hydrogens (tertiary/aromatic N) is 2. The monoisotopic (exact) mass is 450 g/mol. The molecule has 2 unspecified atom stereocenters. The first-order chi connectivity index (χ1) is 15.9. The lowest BCUT2D eigenvalue weighted by Crippen LogP contribution is -2.45. The maximum atomic E-state index is 13.1. The number of benzene rings is 2. The number of nitrogens with one attached hydrogen (secondary N) is 2. The Labute approximate surface area is 193 Å². The van der Waals surface area contributed by atoms with E-state index in [1.807, 2.05) is 18.2 Å². The number of methoxy groups -OCH3 is 1. The van der Waals surface area contributed by atoms with Crippen LogP contribution in [0.1, 0.15) is 36.9 Å². The summed E-state index contributed by atoms with van der Waals surface area (Å²) in [6.45, 7) is 3.72. The fourth-order valence-electron chi connectivity index (χ4n) is 4.56. The van der Waals surface area contributed by atoms with Crippen LogP contribution >= 0.6 is 0 Å². The molecule has 0 bridgehead atoms. The predicted molar refractivity (Wildman–Crippen MR) is 124 cm³/mol. The molecular weight excluding hydrogens is 420 g/mol. The Kier molecular flexibility index (Phi) is 6.65. The topological polar surface area (TPSA) is 91.0 Å². The van der Waals surface area contributed by atoms with E-state index in [4.69, 9.17) is 4.74 Å². The molecule has 2 N–H and O–H groups in total. The van der Waals surface area contributed by atoms with E-state index in [-0.39, 0.29) is 18.5 Å². The first kappa shape index (κ1) is 22.8. The van der Waals surface area contributed by atoms with Crippen LogP contribution in [0.25, 0.3) is 0 Å². The van der Waals surface area contributed by atoms with Gasteiger partial charge in [0, 0.05) is 6.54 Å². The Balaban J connectivity index is 1.41. The maximum absolute atomic E-state index is 13.1. The normalized spacial score (nSPS) is 21.7. The van der Waals surface area contributed by atoms with Gasteiger partial charge in [0.1, 0.15) is 17.8 Å². The van der Waals surface area contributed by atoms with Crippen molar-refractivity contribution in [3.8, 4) is 5.75 Å². The minimum Gasteiger partial charge on any atom is -0.497 e. The van der Waals surface area contributed by atoms with Gasteiger partial charge >= 0.3 is 6.03 Å². The summed E-state index contributed by atoms with van der Waals surface area (Å²) < 4.78 is 5.16. The predicted octanol–water partition coefficient (Wildman–Crippen LogP) is 2.42. The second-order valence-corrected chi connectivity index (χ2v) is 8.65. The first-order valence-corrected chi connectivity index (χ1v) is 11.3. The van der Waals surface area contributed by atoms with Crippen LogP contribution in [0.2, 0.25) is 0 Å². The molecule has 0 saturated carbocycles. The Morgan fingerprint density at radius 3 is 2.39 bits per heavy atom. The highest BCUT2D eigenvalue weighted by molar-refractivity contribution is 6.09. The molecule has 2 aromatic carbocycles. The molecule has 0 aliphatic carbocycles. The highest BCUT2D eigenvalue weighted by Crippen LogP contribution is 2.30. The summed E-state index contributed by atoms with van der Waals surface area (Å²) in [6.07, 6.45) is 2.29. The van der Waals surface area contributed by atoms with Crippen LogP contribution in [0.3, 0.4) is 0 Å². The maximum Gasteiger partial charge on any atom is 0.325 e. The van der Waals surface area contributed by atoms with Crippen molar-refractivity contribution in [2.45, 2.75) is 31.3 Å². The third-order valence-electron chi connectivity index (χ3n) is 6.50. The molecule has 2 aliphatic rings. The Morgan fingerprint density at radius 1 is 1.09 bits per heavy atom. The SMILES string of the molecule is COc1ccc(C2(C)NC(=O)N(CC(=O)NCC(c3ccccc3)N3CCCC3)C2=O)cc1. The summed E-state index contributed by atoms with van der Waals surface area (Å²) in [6, 6.07) is 16.5. The number of carbonyl (C=O) groups excluding carboxylic acids is 3. The fourth-order valence-corrected chi connectivity index (χ4v) is 4.56. The molecule has 2 aliphatic heterocycles. The lowest BCUT2D eigenvalue weighted by Gasteiger charge is -2.28. The summed E-state index contributed by atoms with van der Waals surface area (Å²) >= 11 is 0. The summed E-state index contributed by atoms with van der Waals surface area (Å²) in [5, 5.41) is 5.67. The average molecular weight is 451 g/mol. The minimum absolute atomic E-state index is 0.0605. The Hall–Kier alpha value is -3.39. The molecule has 2 saturated heterocycles. The molecule has 0 radical (unpaired) electrons. The number of carbonyl (C=O) groups is 3. The van der Waals surface area contributed by atoms with Crippen molar-refractivity contribution < 1.29 is 19.1 Å². The van der Waals surface area contributed by atoms with Crippen LogP contribution in [0.4, 0.5) is 4.79 Å². The summed E-state index contributed by atoms with van der Waals surface area (Å²) in [5.74, 6) is -0.161. The van der Waals surface area contributed by atoms with Gasteiger partial charge in [0.15, 0.2) is 0 Å². The van der Waals surface area contributed by atoms with E-state index in [9.17, 15) is 14.4 Å². The van der Waals surface area contributed by atoms with Crippen molar-refractivity contribution in [1.82, 2.24) is 20.4 Å². The standard InChI is InChI=1S/C25H30N4O4/c1-25(19-10-12-20(33-2)13-11-19)23(31)29(24(32)27-25)17-22(30)26-16-21(28-14-6-7-15-28)18-8-4-3-5-9-18/h3-5,8-13,21H,6-7,14-17H2,1-2H3,(H,26,30)(H,27,32). The fraction of sp³-hybridized carbons (Fsp3) is 0.400. The van der Waals surface area contributed by atoms with Crippen molar-refractivity contribution >= 4 is 17.8 Å². The zero-order chi connectivity index (χ0) is 23.4. The van der Waals surface area contributed by atoms with Crippen molar-refractivity contribution in [1.29, 1.82) is 0 Å². The van der Waals surface area contributed by atoms with Crippen molar-refractivity contribution in [3.63, 3.8) is 0 Å². The number of likely N-dealkylation sites (tertiary alicyclic amines) is 1. The van der Waals surface area contributed by atoms with Gasteiger partial charge < -0.3 is 15.4 Å².